The van der Waals surface area contributed by atoms with E-state index in [1.165, 1.54) is 11.1 Å². The number of methoxy groups -OCH3 is 1. The Bertz CT molecular complexity index is 415. The van der Waals surface area contributed by atoms with Crippen molar-refractivity contribution in [3.05, 3.63) is 23.3 Å². The molecule has 1 aromatic carbocycles. The second kappa shape index (κ2) is 6.78. The molecule has 1 heterocycles. The molecule has 1 aliphatic rings. The molecule has 0 aliphatic carbocycles. The van der Waals surface area contributed by atoms with Crippen LogP contribution in [0.5, 0.6) is 5.75 Å². The molecule has 1 atom stereocenters. The zero-order chi connectivity index (χ0) is 13.7. The van der Waals surface area contributed by atoms with E-state index in [0.717, 1.165) is 44.2 Å². The predicted octanol–water partition coefficient (Wildman–Crippen LogP) is 2.10. The number of anilines is 1. The number of benzene rings is 1. The van der Waals surface area contributed by atoms with Crippen molar-refractivity contribution in [1.29, 1.82) is 0 Å². The van der Waals surface area contributed by atoms with Gasteiger partial charge >= 0.3 is 0 Å². The van der Waals surface area contributed by atoms with E-state index in [1.54, 1.807) is 7.11 Å². The highest BCUT2D eigenvalue weighted by molar-refractivity contribution is 5.60. The average Bonchev–Trinajstić information content (AvgIpc) is 2.43. The second-order valence-corrected chi connectivity index (χ2v) is 5.08. The summed E-state index contributed by atoms with van der Waals surface area (Å²) >= 11 is 0. The summed E-state index contributed by atoms with van der Waals surface area (Å²) in [6, 6.07) is 4.69. The summed E-state index contributed by atoms with van der Waals surface area (Å²) in [6.07, 6.45) is 1.05. The Hall–Kier alpha value is -1.26. The van der Waals surface area contributed by atoms with Gasteiger partial charge in [-0.3, -0.25) is 0 Å². The Morgan fingerprint density at radius 1 is 1.37 bits per heavy atom. The summed E-state index contributed by atoms with van der Waals surface area (Å²) in [5, 5.41) is 6.92. The molecule has 2 rings (SSSR count). The lowest BCUT2D eigenvalue weighted by molar-refractivity contribution is 0.0753. The molecule has 1 aliphatic heterocycles. The minimum Gasteiger partial charge on any atom is -0.495 e. The first-order valence-corrected chi connectivity index (χ1v) is 6.91. The Morgan fingerprint density at radius 3 is 2.84 bits per heavy atom. The lowest BCUT2D eigenvalue weighted by atomic mass is 10.1. The molecule has 1 fully saturated rings. The van der Waals surface area contributed by atoms with E-state index in [-0.39, 0.29) is 0 Å². The zero-order valence-corrected chi connectivity index (χ0v) is 12.1. The van der Waals surface area contributed by atoms with E-state index in [1.807, 2.05) is 0 Å². The number of aryl methyl sites for hydroxylation is 2. The highest BCUT2D eigenvalue weighted by atomic mass is 16.5. The number of rotatable bonds is 5. The summed E-state index contributed by atoms with van der Waals surface area (Å²) < 4.78 is 10.9. The van der Waals surface area contributed by atoms with Gasteiger partial charge in [-0.15, -0.1) is 0 Å². The molecule has 0 aromatic heterocycles. The summed E-state index contributed by atoms with van der Waals surface area (Å²) in [6.45, 7) is 7.74. The van der Waals surface area contributed by atoms with Crippen molar-refractivity contribution >= 4 is 5.69 Å². The van der Waals surface area contributed by atoms with Crippen molar-refractivity contribution < 1.29 is 9.47 Å². The number of hydrogen-bond donors (Lipinski definition) is 2. The van der Waals surface area contributed by atoms with Crippen LogP contribution in [-0.4, -0.2) is 39.5 Å². The van der Waals surface area contributed by atoms with Gasteiger partial charge in [-0.2, -0.15) is 0 Å². The van der Waals surface area contributed by atoms with Gasteiger partial charge in [0.25, 0.3) is 0 Å². The Kier molecular flexibility index (Phi) is 5.05. The van der Waals surface area contributed by atoms with Crippen LogP contribution in [0, 0.1) is 13.8 Å². The van der Waals surface area contributed by atoms with Crippen molar-refractivity contribution in [3.8, 4) is 5.75 Å². The minimum absolute atomic E-state index is 0.457. The third-order valence-corrected chi connectivity index (χ3v) is 3.62. The van der Waals surface area contributed by atoms with E-state index in [0.29, 0.717) is 6.04 Å². The molecule has 0 radical (unpaired) electrons. The van der Waals surface area contributed by atoms with Gasteiger partial charge < -0.3 is 20.1 Å². The Morgan fingerprint density at radius 2 is 2.16 bits per heavy atom. The predicted molar refractivity (Wildman–Crippen MR) is 78.2 cm³/mol. The van der Waals surface area contributed by atoms with E-state index in [4.69, 9.17) is 9.47 Å². The monoisotopic (exact) mass is 264 g/mol. The van der Waals surface area contributed by atoms with Gasteiger partial charge in [0.05, 0.1) is 26.0 Å². The lowest BCUT2D eigenvalue weighted by Crippen LogP contribution is -2.42. The van der Waals surface area contributed by atoms with Crippen molar-refractivity contribution in [2.75, 3.05) is 38.7 Å². The third-order valence-electron chi connectivity index (χ3n) is 3.62. The molecule has 1 unspecified atom stereocenters. The van der Waals surface area contributed by atoms with E-state index >= 15 is 0 Å². The summed E-state index contributed by atoms with van der Waals surface area (Å²) in [5.41, 5.74) is 3.61. The van der Waals surface area contributed by atoms with Crippen LogP contribution in [-0.2, 0) is 4.74 Å². The molecule has 1 saturated heterocycles. The quantitative estimate of drug-likeness (QED) is 0.854. The lowest BCUT2D eigenvalue weighted by Gasteiger charge is -2.24. The van der Waals surface area contributed by atoms with E-state index in [9.17, 15) is 0 Å². The van der Waals surface area contributed by atoms with Gasteiger partial charge in [0.1, 0.15) is 5.75 Å². The van der Waals surface area contributed by atoms with Crippen LogP contribution < -0.4 is 15.4 Å². The molecule has 0 saturated carbocycles. The van der Waals surface area contributed by atoms with Gasteiger partial charge in [-0.1, -0.05) is 0 Å². The number of nitrogens with one attached hydrogen (secondary N) is 2. The SMILES string of the molecule is COc1cc(C)c(C)cc1NCCC1COCCN1. The van der Waals surface area contributed by atoms with Gasteiger partial charge in [0, 0.05) is 19.1 Å². The Balaban J connectivity index is 1.89. The van der Waals surface area contributed by atoms with Crippen LogP contribution in [0.1, 0.15) is 17.5 Å². The maximum absolute atomic E-state index is 5.45. The average molecular weight is 264 g/mol. The van der Waals surface area contributed by atoms with Crippen molar-refractivity contribution in [1.82, 2.24) is 5.32 Å². The van der Waals surface area contributed by atoms with Crippen LogP contribution >= 0.6 is 0 Å². The highest BCUT2D eigenvalue weighted by Gasteiger charge is 2.12. The molecular weight excluding hydrogens is 240 g/mol. The Labute approximate surface area is 115 Å². The molecule has 1 aromatic rings. The normalized spacial score (nSPS) is 19.2. The van der Waals surface area contributed by atoms with Gasteiger partial charge in [0.2, 0.25) is 0 Å². The summed E-state index contributed by atoms with van der Waals surface area (Å²) in [7, 11) is 1.71. The molecule has 0 bridgehead atoms. The highest BCUT2D eigenvalue weighted by Crippen LogP contribution is 2.27. The zero-order valence-electron chi connectivity index (χ0n) is 12.1. The summed E-state index contributed by atoms with van der Waals surface area (Å²) in [5.74, 6) is 0.913. The standard InChI is InChI=1S/C15H24N2O2/c1-11-8-14(15(18-3)9-12(11)2)17-5-4-13-10-19-7-6-16-13/h8-9,13,16-17H,4-7,10H2,1-3H3. The molecule has 4 nitrogen and oxygen atoms in total. The fourth-order valence-electron chi connectivity index (χ4n) is 2.28. The second-order valence-electron chi connectivity index (χ2n) is 5.08. The molecule has 2 N–H and O–H groups in total. The first-order valence-electron chi connectivity index (χ1n) is 6.91. The minimum atomic E-state index is 0.457. The largest absolute Gasteiger partial charge is 0.495 e. The van der Waals surface area contributed by atoms with Gasteiger partial charge in [-0.25, -0.2) is 0 Å². The molecule has 0 amide bonds. The fourth-order valence-corrected chi connectivity index (χ4v) is 2.28. The first-order chi connectivity index (χ1) is 9.20. The summed E-state index contributed by atoms with van der Waals surface area (Å²) in [4.78, 5) is 0. The maximum Gasteiger partial charge on any atom is 0.142 e. The topological polar surface area (TPSA) is 42.5 Å². The van der Waals surface area contributed by atoms with Crippen LogP contribution in [0.3, 0.4) is 0 Å². The van der Waals surface area contributed by atoms with Crippen molar-refractivity contribution in [3.63, 3.8) is 0 Å². The molecule has 106 valence electrons. The molecule has 19 heavy (non-hydrogen) atoms. The van der Waals surface area contributed by atoms with Crippen LogP contribution in [0.2, 0.25) is 0 Å². The van der Waals surface area contributed by atoms with Gasteiger partial charge in [-0.05, 0) is 43.5 Å². The fraction of sp³-hybridized carbons (Fsp3) is 0.600. The number of ether oxygens (including phenoxy) is 2. The number of hydrogen-bond acceptors (Lipinski definition) is 4. The molecule has 4 heteroatoms. The van der Waals surface area contributed by atoms with Crippen LogP contribution in [0.15, 0.2) is 12.1 Å². The smallest absolute Gasteiger partial charge is 0.142 e. The number of morpholine rings is 1. The first kappa shape index (κ1) is 14.2. The van der Waals surface area contributed by atoms with E-state index < -0.39 is 0 Å². The van der Waals surface area contributed by atoms with E-state index in [2.05, 4.69) is 36.6 Å². The van der Waals surface area contributed by atoms with Crippen LogP contribution in [0.4, 0.5) is 5.69 Å². The van der Waals surface area contributed by atoms with Crippen molar-refractivity contribution in [2.24, 2.45) is 0 Å². The molecule has 0 spiro atoms. The third kappa shape index (κ3) is 3.85. The van der Waals surface area contributed by atoms with Gasteiger partial charge in [0.15, 0.2) is 0 Å². The molecular formula is C15H24N2O2. The van der Waals surface area contributed by atoms with Crippen molar-refractivity contribution in [2.45, 2.75) is 26.3 Å². The maximum atomic E-state index is 5.45. The van der Waals surface area contributed by atoms with Crippen LogP contribution in [0.25, 0.3) is 0 Å².